The molecule has 9 nitrogen and oxygen atoms in total. The SMILES string of the molecule is C#Cc1ccc(C(C(=O)NC(C)C)N(C(=O)C(CCC(N)=O)NC(=O)OC(C)(C)C)C2CC2)cc1. The number of terminal acetylenes is 1. The highest BCUT2D eigenvalue weighted by molar-refractivity contribution is 5.93. The molecule has 1 fully saturated rings. The van der Waals surface area contributed by atoms with Crippen LogP contribution in [0.15, 0.2) is 24.3 Å². The Labute approximate surface area is 207 Å². The maximum atomic E-state index is 13.9. The van der Waals surface area contributed by atoms with Gasteiger partial charge in [-0.3, -0.25) is 14.4 Å². The zero-order chi connectivity index (χ0) is 26.3. The van der Waals surface area contributed by atoms with Gasteiger partial charge < -0.3 is 26.0 Å². The number of hydrogen-bond donors (Lipinski definition) is 3. The second-order valence-electron chi connectivity index (χ2n) is 10.0. The lowest BCUT2D eigenvalue weighted by Crippen LogP contribution is -2.54. The minimum absolute atomic E-state index is 0.0226. The van der Waals surface area contributed by atoms with Crippen molar-refractivity contribution in [1.82, 2.24) is 15.5 Å². The van der Waals surface area contributed by atoms with Gasteiger partial charge in [-0.25, -0.2) is 4.79 Å². The van der Waals surface area contributed by atoms with Crippen LogP contribution in [0.4, 0.5) is 4.79 Å². The number of nitrogens with zero attached hydrogens (tertiary/aromatic N) is 1. The van der Waals surface area contributed by atoms with Crippen LogP contribution in [0, 0.1) is 12.3 Å². The first-order valence-corrected chi connectivity index (χ1v) is 11.8. The molecule has 1 aliphatic carbocycles. The summed E-state index contributed by atoms with van der Waals surface area (Å²) >= 11 is 0. The van der Waals surface area contributed by atoms with Gasteiger partial charge in [0.25, 0.3) is 0 Å². The molecule has 0 heterocycles. The summed E-state index contributed by atoms with van der Waals surface area (Å²) in [4.78, 5) is 52.7. The highest BCUT2D eigenvalue weighted by Crippen LogP contribution is 2.36. The Balaban J connectivity index is 2.44. The minimum Gasteiger partial charge on any atom is -0.444 e. The molecule has 0 spiro atoms. The van der Waals surface area contributed by atoms with Crippen molar-refractivity contribution in [2.24, 2.45) is 5.73 Å². The molecule has 0 radical (unpaired) electrons. The van der Waals surface area contributed by atoms with E-state index in [-0.39, 0.29) is 30.8 Å². The van der Waals surface area contributed by atoms with Gasteiger partial charge in [-0.1, -0.05) is 18.1 Å². The average Bonchev–Trinajstić information content (AvgIpc) is 3.57. The van der Waals surface area contributed by atoms with E-state index in [4.69, 9.17) is 16.9 Å². The zero-order valence-corrected chi connectivity index (χ0v) is 21.1. The Morgan fingerprint density at radius 2 is 1.74 bits per heavy atom. The molecular weight excluding hydrogens is 448 g/mol. The van der Waals surface area contributed by atoms with Crippen molar-refractivity contribution >= 4 is 23.8 Å². The van der Waals surface area contributed by atoms with E-state index in [0.717, 1.165) is 0 Å². The molecule has 35 heavy (non-hydrogen) atoms. The fourth-order valence-electron chi connectivity index (χ4n) is 3.61. The van der Waals surface area contributed by atoms with Gasteiger partial charge in [0, 0.05) is 24.1 Å². The fourth-order valence-corrected chi connectivity index (χ4v) is 3.61. The lowest BCUT2D eigenvalue weighted by Gasteiger charge is -2.35. The number of carbonyl (C=O) groups excluding carboxylic acids is 4. The number of nitrogens with one attached hydrogen (secondary N) is 2. The Bertz CT molecular complexity index is 971. The van der Waals surface area contributed by atoms with Gasteiger partial charge in [0.05, 0.1) is 0 Å². The average molecular weight is 485 g/mol. The third-order valence-corrected chi connectivity index (χ3v) is 5.21. The lowest BCUT2D eigenvalue weighted by atomic mass is 10.00. The Kier molecular flexibility index (Phi) is 9.29. The summed E-state index contributed by atoms with van der Waals surface area (Å²) in [5.41, 5.74) is 5.77. The van der Waals surface area contributed by atoms with E-state index < -0.39 is 35.6 Å². The number of carbonyl (C=O) groups is 4. The summed E-state index contributed by atoms with van der Waals surface area (Å²) in [5.74, 6) is 1.11. The number of nitrogens with two attached hydrogens (primary N) is 1. The summed E-state index contributed by atoms with van der Waals surface area (Å²) in [5, 5.41) is 5.47. The summed E-state index contributed by atoms with van der Waals surface area (Å²) in [6.45, 7) is 8.78. The number of rotatable bonds is 10. The van der Waals surface area contributed by atoms with Crippen LogP contribution in [0.5, 0.6) is 0 Å². The second-order valence-corrected chi connectivity index (χ2v) is 10.0. The first-order valence-electron chi connectivity index (χ1n) is 11.8. The highest BCUT2D eigenvalue weighted by atomic mass is 16.6. The topological polar surface area (TPSA) is 131 Å². The normalized spacial score (nSPS) is 14.9. The minimum atomic E-state index is -1.10. The molecule has 0 bridgehead atoms. The maximum Gasteiger partial charge on any atom is 0.408 e. The van der Waals surface area contributed by atoms with Gasteiger partial charge in [-0.2, -0.15) is 0 Å². The van der Waals surface area contributed by atoms with E-state index in [1.165, 1.54) is 4.90 Å². The van der Waals surface area contributed by atoms with E-state index in [0.29, 0.717) is 24.0 Å². The van der Waals surface area contributed by atoms with Crippen molar-refractivity contribution in [3.8, 4) is 12.3 Å². The largest absolute Gasteiger partial charge is 0.444 e. The third-order valence-electron chi connectivity index (χ3n) is 5.21. The van der Waals surface area contributed by atoms with Gasteiger partial charge in [0.15, 0.2) is 0 Å². The lowest BCUT2D eigenvalue weighted by molar-refractivity contribution is -0.143. The van der Waals surface area contributed by atoms with Crippen molar-refractivity contribution < 1.29 is 23.9 Å². The first-order chi connectivity index (χ1) is 16.3. The number of primary amides is 1. The van der Waals surface area contributed by atoms with Crippen molar-refractivity contribution in [2.75, 3.05) is 0 Å². The van der Waals surface area contributed by atoms with Gasteiger partial charge in [0.2, 0.25) is 17.7 Å². The molecule has 1 saturated carbocycles. The molecule has 0 aliphatic heterocycles. The monoisotopic (exact) mass is 484 g/mol. The molecule has 2 unspecified atom stereocenters. The van der Waals surface area contributed by atoms with E-state index in [2.05, 4.69) is 16.6 Å². The molecule has 1 aromatic carbocycles. The Morgan fingerprint density at radius 1 is 1.14 bits per heavy atom. The van der Waals surface area contributed by atoms with Crippen LogP contribution in [0.25, 0.3) is 0 Å². The predicted molar refractivity (Wildman–Crippen MR) is 132 cm³/mol. The molecule has 4 N–H and O–H groups in total. The smallest absolute Gasteiger partial charge is 0.408 e. The molecule has 2 rings (SSSR count). The second kappa shape index (κ2) is 11.7. The van der Waals surface area contributed by atoms with Crippen LogP contribution < -0.4 is 16.4 Å². The van der Waals surface area contributed by atoms with Gasteiger partial charge in [-0.05, 0) is 71.6 Å². The molecule has 190 valence electrons. The van der Waals surface area contributed by atoms with Gasteiger partial charge in [0.1, 0.15) is 17.7 Å². The van der Waals surface area contributed by atoms with Crippen LogP contribution in [-0.2, 0) is 19.1 Å². The number of alkyl carbamates (subject to hydrolysis) is 1. The Hall–Kier alpha value is -3.54. The van der Waals surface area contributed by atoms with Crippen LogP contribution in [0.3, 0.4) is 0 Å². The van der Waals surface area contributed by atoms with Gasteiger partial charge in [-0.15, -0.1) is 6.42 Å². The molecule has 0 aromatic heterocycles. The van der Waals surface area contributed by atoms with Crippen LogP contribution in [-0.4, -0.2) is 52.4 Å². The molecule has 1 aliphatic rings. The van der Waals surface area contributed by atoms with Crippen molar-refractivity contribution in [3.05, 3.63) is 35.4 Å². The van der Waals surface area contributed by atoms with E-state index in [1.807, 2.05) is 13.8 Å². The van der Waals surface area contributed by atoms with Crippen LogP contribution >= 0.6 is 0 Å². The summed E-state index contributed by atoms with van der Waals surface area (Å²) < 4.78 is 5.32. The van der Waals surface area contributed by atoms with Gasteiger partial charge >= 0.3 is 6.09 Å². The summed E-state index contributed by atoms with van der Waals surface area (Å²) in [7, 11) is 0. The highest BCUT2D eigenvalue weighted by Gasteiger charge is 2.44. The molecule has 1 aromatic rings. The Morgan fingerprint density at radius 3 is 2.20 bits per heavy atom. The quantitative estimate of drug-likeness (QED) is 0.439. The maximum absolute atomic E-state index is 13.9. The summed E-state index contributed by atoms with van der Waals surface area (Å²) in [6.07, 6.45) is 5.97. The first kappa shape index (κ1) is 27.7. The molecular formula is C26H36N4O5. The number of amides is 4. The zero-order valence-electron chi connectivity index (χ0n) is 21.1. The number of hydrogen-bond acceptors (Lipinski definition) is 5. The standard InChI is InChI=1S/C26H36N4O5/c1-7-17-8-10-18(11-9-17)22(23(32)28-16(2)3)30(19-12-13-19)24(33)20(14-15-21(27)31)29-25(34)35-26(4,5)6/h1,8-11,16,19-20,22H,12-15H2,2-6H3,(H2,27,31)(H,28,32)(H,29,34). The van der Waals surface area contributed by atoms with Crippen LogP contribution in [0.2, 0.25) is 0 Å². The number of benzene rings is 1. The van der Waals surface area contributed by atoms with E-state index >= 15 is 0 Å². The van der Waals surface area contributed by atoms with Crippen LogP contribution in [0.1, 0.15) is 77.5 Å². The van der Waals surface area contributed by atoms with Crippen molar-refractivity contribution in [3.63, 3.8) is 0 Å². The molecule has 4 amide bonds. The fraction of sp³-hybridized carbons (Fsp3) is 0.538. The van der Waals surface area contributed by atoms with Crippen molar-refractivity contribution in [2.45, 2.75) is 90.1 Å². The number of ether oxygens (including phenoxy) is 1. The molecule has 9 heteroatoms. The third kappa shape index (κ3) is 8.63. The van der Waals surface area contributed by atoms with E-state index in [9.17, 15) is 19.2 Å². The summed E-state index contributed by atoms with van der Waals surface area (Å²) in [6, 6.07) is 4.49. The molecule has 2 atom stereocenters. The van der Waals surface area contributed by atoms with Crippen molar-refractivity contribution in [1.29, 1.82) is 0 Å². The predicted octanol–water partition coefficient (Wildman–Crippen LogP) is 2.38. The van der Waals surface area contributed by atoms with E-state index in [1.54, 1.807) is 45.0 Å². The molecule has 0 saturated heterocycles.